The monoisotopic (exact) mass is 481 g/mol. The molecule has 0 spiro atoms. The van der Waals surface area contributed by atoms with Crippen LogP contribution in [0.2, 0.25) is 0 Å². The molecule has 6 rings (SSSR count). The summed E-state index contributed by atoms with van der Waals surface area (Å²) in [5.41, 5.74) is 6.56. The molecule has 2 fully saturated rings. The van der Waals surface area contributed by atoms with Crippen molar-refractivity contribution in [1.29, 1.82) is 0 Å². The smallest absolute Gasteiger partial charge is 0.410 e. The highest BCUT2D eigenvalue weighted by molar-refractivity contribution is 6.00. The molecule has 184 valence electrons. The van der Waals surface area contributed by atoms with E-state index in [4.69, 9.17) is 9.47 Å². The van der Waals surface area contributed by atoms with E-state index in [0.717, 1.165) is 18.4 Å². The molecule has 2 aliphatic heterocycles. The Morgan fingerprint density at radius 2 is 1.50 bits per heavy atom. The Hall–Kier alpha value is -3.60. The second-order valence-electron chi connectivity index (χ2n) is 10.3. The zero-order valence-corrected chi connectivity index (χ0v) is 20.8. The topological polar surface area (TPSA) is 55.8 Å². The van der Waals surface area contributed by atoms with Gasteiger partial charge in [0.05, 0.1) is 12.7 Å². The van der Waals surface area contributed by atoms with Crippen molar-refractivity contribution < 1.29 is 19.1 Å². The van der Waals surface area contributed by atoms with Gasteiger partial charge in [-0.15, -0.1) is 0 Å². The predicted octanol–water partition coefficient (Wildman–Crippen LogP) is 6.38. The molecule has 0 radical (unpaired) electrons. The lowest BCUT2D eigenvalue weighted by Gasteiger charge is -2.38. The van der Waals surface area contributed by atoms with Crippen LogP contribution in [0.3, 0.4) is 0 Å². The number of Topliss-reactive ketones (excluding diaryl/α,β-unsaturated/α-hetero) is 1. The second-order valence-corrected chi connectivity index (χ2v) is 10.3. The Balaban J connectivity index is 1.15. The molecule has 2 bridgehead atoms. The lowest BCUT2D eigenvalue weighted by Crippen LogP contribution is -2.48. The summed E-state index contributed by atoms with van der Waals surface area (Å²) in [7, 11) is 1.60. The molecule has 3 aromatic carbocycles. The first-order valence-electron chi connectivity index (χ1n) is 12.9. The van der Waals surface area contributed by atoms with Gasteiger partial charge in [-0.3, -0.25) is 4.79 Å². The number of nitrogens with zero attached hydrogens (tertiary/aromatic N) is 1. The van der Waals surface area contributed by atoms with Crippen molar-refractivity contribution in [2.24, 2.45) is 5.92 Å². The Kier molecular flexibility index (Phi) is 5.79. The van der Waals surface area contributed by atoms with Crippen LogP contribution < -0.4 is 4.74 Å². The molecule has 3 aromatic rings. The third-order valence-electron chi connectivity index (χ3n) is 8.27. The van der Waals surface area contributed by atoms with E-state index in [1.807, 2.05) is 42.2 Å². The minimum Gasteiger partial charge on any atom is -0.496 e. The van der Waals surface area contributed by atoms with Crippen LogP contribution in [-0.2, 0) is 4.74 Å². The maximum atomic E-state index is 13.4. The van der Waals surface area contributed by atoms with Gasteiger partial charge in [-0.25, -0.2) is 4.79 Å². The molecule has 3 aliphatic rings. The van der Waals surface area contributed by atoms with Crippen LogP contribution in [0.15, 0.2) is 66.7 Å². The lowest BCUT2D eigenvalue weighted by atomic mass is 9.84. The Morgan fingerprint density at radius 1 is 0.889 bits per heavy atom. The highest BCUT2D eigenvalue weighted by atomic mass is 16.6. The van der Waals surface area contributed by atoms with E-state index < -0.39 is 0 Å². The van der Waals surface area contributed by atoms with Gasteiger partial charge in [-0.2, -0.15) is 0 Å². The summed E-state index contributed by atoms with van der Waals surface area (Å²) < 4.78 is 11.4. The van der Waals surface area contributed by atoms with Crippen molar-refractivity contribution in [3.05, 3.63) is 89.0 Å². The summed E-state index contributed by atoms with van der Waals surface area (Å²) in [6, 6.07) is 22.6. The van der Waals surface area contributed by atoms with Crippen LogP contribution in [0.25, 0.3) is 11.1 Å². The molecule has 1 aliphatic carbocycles. The predicted molar refractivity (Wildman–Crippen MR) is 139 cm³/mol. The Labute approximate surface area is 212 Å². The molecule has 1 amide bonds. The van der Waals surface area contributed by atoms with Crippen LogP contribution in [0.1, 0.15) is 58.6 Å². The van der Waals surface area contributed by atoms with Gasteiger partial charge in [0.25, 0.3) is 0 Å². The fourth-order valence-electron chi connectivity index (χ4n) is 6.59. The molecule has 0 saturated carbocycles. The van der Waals surface area contributed by atoms with Crippen LogP contribution >= 0.6 is 0 Å². The van der Waals surface area contributed by atoms with Crippen LogP contribution in [-0.4, -0.2) is 42.6 Å². The van der Waals surface area contributed by atoms with Crippen molar-refractivity contribution >= 4 is 11.9 Å². The zero-order valence-electron chi connectivity index (χ0n) is 20.8. The number of hydrogen-bond donors (Lipinski definition) is 0. The SMILES string of the molecule is COc1ccc(C)cc1C(=O)C1CC2CCC(C1)N2C(=O)OCC1c2ccccc2-c2ccccc21. The maximum Gasteiger partial charge on any atom is 0.410 e. The quantitative estimate of drug-likeness (QED) is 0.397. The van der Waals surface area contributed by atoms with Gasteiger partial charge in [-0.1, -0.05) is 60.2 Å². The van der Waals surface area contributed by atoms with Gasteiger partial charge < -0.3 is 14.4 Å². The maximum absolute atomic E-state index is 13.4. The number of piperidine rings is 1. The number of aryl methyl sites for hydroxylation is 1. The third-order valence-corrected chi connectivity index (χ3v) is 8.27. The van der Waals surface area contributed by atoms with E-state index in [1.165, 1.54) is 22.3 Å². The number of ether oxygens (including phenoxy) is 2. The second kappa shape index (κ2) is 9.12. The Bertz CT molecular complexity index is 1270. The van der Waals surface area contributed by atoms with Crippen molar-refractivity contribution in [3.63, 3.8) is 0 Å². The summed E-state index contributed by atoms with van der Waals surface area (Å²) in [5, 5.41) is 0. The molecule has 0 aromatic heterocycles. The molecule has 2 atom stereocenters. The van der Waals surface area contributed by atoms with Crippen molar-refractivity contribution in [2.75, 3.05) is 13.7 Å². The number of rotatable bonds is 5. The van der Waals surface area contributed by atoms with E-state index >= 15 is 0 Å². The van der Waals surface area contributed by atoms with Crippen LogP contribution in [0, 0.1) is 12.8 Å². The molecule has 2 unspecified atom stereocenters. The van der Waals surface area contributed by atoms with Crippen LogP contribution in [0.5, 0.6) is 5.75 Å². The first-order chi connectivity index (χ1) is 17.5. The van der Waals surface area contributed by atoms with Crippen LogP contribution in [0.4, 0.5) is 4.79 Å². The van der Waals surface area contributed by atoms with Crippen molar-refractivity contribution in [2.45, 2.75) is 50.6 Å². The molecule has 5 nitrogen and oxygen atoms in total. The van der Waals surface area contributed by atoms with Gasteiger partial charge >= 0.3 is 6.09 Å². The third kappa shape index (κ3) is 3.78. The van der Waals surface area contributed by atoms with Gasteiger partial charge in [0.15, 0.2) is 5.78 Å². The average Bonchev–Trinajstić information content (AvgIpc) is 3.37. The fourth-order valence-corrected chi connectivity index (χ4v) is 6.59. The number of carbonyl (C=O) groups is 2. The van der Waals surface area contributed by atoms with E-state index in [9.17, 15) is 9.59 Å². The van der Waals surface area contributed by atoms with Gasteiger partial charge in [0.2, 0.25) is 0 Å². The Morgan fingerprint density at radius 3 is 2.11 bits per heavy atom. The number of ketones is 1. The first-order valence-corrected chi connectivity index (χ1v) is 12.9. The number of benzene rings is 3. The highest BCUT2D eigenvalue weighted by Crippen LogP contribution is 2.45. The summed E-state index contributed by atoms with van der Waals surface area (Å²) in [5.74, 6) is 0.694. The van der Waals surface area contributed by atoms with E-state index in [-0.39, 0.29) is 35.8 Å². The van der Waals surface area contributed by atoms with Gasteiger partial charge in [0, 0.05) is 23.9 Å². The van der Waals surface area contributed by atoms with E-state index in [0.29, 0.717) is 30.8 Å². The molecule has 36 heavy (non-hydrogen) atoms. The number of hydrogen-bond acceptors (Lipinski definition) is 4. The summed E-state index contributed by atoms with van der Waals surface area (Å²) in [4.78, 5) is 28.7. The number of methoxy groups -OCH3 is 1. The molecule has 2 saturated heterocycles. The minimum absolute atomic E-state index is 0.0455. The largest absolute Gasteiger partial charge is 0.496 e. The van der Waals surface area contributed by atoms with E-state index in [2.05, 4.69) is 36.4 Å². The van der Waals surface area contributed by atoms with Crippen molar-refractivity contribution in [3.8, 4) is 16.9 Å². The average molecular weight is 482 g/mol. The van der Waals surface area contributed by atoms with Gasteiger partial charge in [-0.05, 0) is 67.0 Å². The summed E-state index contributed by atoms with van der Waals surface area (Å²) >= 11 is 0. The number of fused-ring (bicyclic) bond motifs is 5. The first kappa shape index (κ1) is 22.8. The fraction of sp³-hybridized carbons (Fsp3) is 0.355. The van der Waals surface area contributed by atoms with Gasteiger partial charge in [0.1, 0.15) is 12.4 Å². The summed E-state index contributed by atoms with van der Waals surface area (Å²) in [6.07, 6.45) is 2.95. The van der Waals surface area contributed by atoms with E-state index in [1.54, 1.807) is 7.11 Å². The highest BCUT2D eigenvalue weighted by Gasteiger charge is 2.46. The normalized spacial score (nSPS) is 22.2. The van der Waals surface area contributed by atoms with Crippen molar-refractivity contribution in [1.82, 2.24) is 4.90 Å². The molecular weight excluding hydrogens is 450 g/mol. The molecule has 5 heteroatoms. The minimum atomic E-state index is -0.247. The number of carbonyl (C=O) groups excluding carboxylic acids is 2. The lowest BCUT2D eigenvalue weighted by molar-refractivity contribution is 0.0505. The number of amides is 1. The molecular formula is C31H31NO4. The molecule has 0 N–H and O–H groups in total. The zero-order chi connectivity index (χ0) is 24.8. The summed E-state index contributed by atoms with van der Waals surface area (Å²) in [6.45, 7) is 2.31. The molecule has 2 heterocycles. The standard InChI is InChI=1S/C31H31NO4/c1-19-11-14-29(35-2)27(15-19)30(33)20-16-21-12-13-22(17-20)32(21)31(34)36-18-28-25-9-5-3-7-23(25)24-8-4-6-10-26(24)28/h3-11,14-15,20-22,28H,12-13,16-18H2,1-2H3.